The molecule has 2 rings (SSSR count). The summed E-state index contributed by atoms with van der Waals surface area (Å²) in [5.41, 5.74) is 1.77. The van der Waals surface area contributed by atoms with Crippen LogP contribution in [0, 0.1) is 6.92 Å². The van der Waals surface area contributed by atoms with Gasteiger partial charge >= 0.3 is 0 Å². The van der Waals surface area contributed by atoms with E-state index in [0.29, 0.717) is 11.3 Å². The predicted octanol–water partition coefficient (Wildman–Crippen LogP) is 4.78. The van der Waals surface area contributed by atoms with Crippen LogP contribution in [0.4, 0.5) is 0 Å². The molecule has 2 aromatic rings. The van der Waals surface area contributed by atoms with Crippen molar-refractivity contribution in [1.29, 1.82) is 0 Å². The number of Topliss-reactive ketones (excluding diaryl/α,β-unsaturated/α-hetero) is 1. The monoisotopic (exact) mass is 382 g/mol. The van der Waals surface area contributed by atoms with E-state index in [4.69, 9.17) is 4.74 Å². The second-order valence-corrected chi connectivity index (χ2v) is 5.93. The van der Waals surface area contributed by atoms with Crippen LogP contribution in [-0.4, -0.2) is 12.4 Å². The van der Waals surface area contributed by atoms with Gasteiger partial charge in [0.25, 0.3) is 0 Å². The maximum atomic E-state index is 12.0. The first-order valence-corrected chi connectivity index (χ1v) is 7.32. The maximum Gasteiger partial charge on any atom is 0.200 e. The lowest BCUT2D eigenvalue weighted by Gasteiger charge is -2.08. The Hall–Kier alpha value is -1.13. The summed E-state index contributed by atoms with van der Waals surface area (Å²) in [4.78, 5) is 12.0. The van der Waals surface area contributed by atoms with Gasteiger partial charge in [0.05, 0.1) is 4.47 Å². The lowest BCUT2D eigenvalue weighted by molar-refractivity contribution is 0.0921. The van der Waals surface area contributed by atoms with E-state index in [1.807, 2.05) is 37.3 Å². The predicted molar refractivity (Wildman–Crippen MR) is 82.8 cm³/mol. The smallest absolute Gasteiger partial charge is 0.200 e. The molecule has 98 valence electrons. The summed E-state index contributed by atoms with van der Waals surface area (Å²) in [6.45, 7) is 2.03. The van der Waals surface area contributed by atoms with Crippen LogP contribution in [0.5, 0.6) is 5.75 Å². The van der Waals surface area contributed by atoms with E-state index in [2.05, 4.69) is 31.9 Å². The summed E-state index contributed by atoms with van der Waals surface area (Å²) < 4.78 is 7.28. The van der Waals surface area contributed by atoms with E-state index in [9.17, 15) is 4.79 Å². The normalized spacial score (nSPS) is 10.3. The van der Waals surface area contributed by atoms with Gasteiger partial charge in [-0.2, -0.15) is 0 Å². The molecule has 0 spiro atoms. The maximum absolute atomic E-state index is 12.0. The Balaban J connectivity index is 2.04. The minimum atomic E-state index is -0.0474. The fourth-order valence-electron chi connectivity index (χ4n) is 1.61. The lowest BCUT2D eigenvalue weighted by Crippen LogP contribution is -2.11. The second-order valence-electron chi connectivity index (χ2n) is 4.16. The molecule has 0 saturated heterocycles. The first-order chi connectivity index (χ1) is 9.06. The van der Waals surface area contributed by atoms with Gasteiger partial charge in [-0.1, -0.05) is 34.1 Å². The third-order valence-corrected chi connectivity index (χ3v) is 3.71. The van der Waals surface area contributed by atoms with Crippen LogP contribution >= 0.6 is 31.9 Å². The summed E-state index contributed by atoms with van der Waals surface area (Å²) in [6.07, 6.45) is 0. The number of benzene rings is 2. The van der Waals surface area contributed by atoms with E-state index in [1.54, 1.807) is 12.1 Å². The highest BCUT2D eigenvalue weighted by molar-refractivity contribution is 9.10. The molecule has 0 N–H and O–H groups in total. The van der Waals surface area contributed by atoms with E-state index >= 15 is 0 Å². The second kappa shape index (κ2) is 6.35. The van der Waals surface area contributed by atoms with Crippen molar-refractivity contribution in [3.63, 3.8) is 0 Å². The van der Waals surface area contributed by atoms with Crippen molar-refractivity contribution >= 4 is 37.6 Å². The molecular weight excluding hydrogens is 372 g/mol. The molecule has 19 heavy (non-hydrogen) atoms. The van der Waals surface area contributed by atoms with Gasteiger partial charge in [-0.15, -0.1) is 0 Å². The van der Waals surface area contributed by atoms with Crippen molar-refractivity contribution in [2.75, 3.05) is 6.61 Å². The average molecular weight is 384 g/mol. The van der Waals surface area contributed by atoms with E-state index < -0.39 is 0 Å². The first-order valence-electron chi connectivity index (χ1n) is 5.74. The lowest BCUT2D eigenvalue weighted by atomic mass is 10.1. The number of hydrogen-bond donors (Lipinski definition) is 0. The molecule has 0 aliphatic heterocycles. The summed E-state index contributed by atoms with van der Waals surface area (Å²) in [6, 6.07) is 13.0. The van der Waals surface area contributed by atoms with Gasteiger partial charge < -0.3 is 4.74 Å². The minimum absolute atomic E-state index is 0.0259. The highest BCUT2D eigenvalue weighted by Gasteiger charge is 2.08. The molecular formula is C15H12Br2O2. The molecule has 0 saturated carbocycles. The highest BCUT2D eigenvalue weighted by atomic mass is 79.9. The number of rotatable bonds is 4. The van der Waals surface area contributed by atoms with Crippen LogP contribution in [0.1, 0.15) is 15.9 Å². The van der Waals surface area contributed by atoms with Crippen molar-refractivity contribution in [3.8, 4) is 5.75 Å². The zero-order chi connectivity index (χ0) is 13.8. The Morgan fingerprint density at radius 3 is 2.63 bits per heavy atom. The quantitative estimate of drug-likeness (QED) is 0.710. The van der Waals surface area contributed by atoms with Crippen LogP contribution in [0.3, 0.4) is 0 Å². The third kappa shape index (κ3) is 3.91. The molecule has 0 radical (unpaired) electrons. The fourth-order valence-corrected chi connectivity index (χ4v) is 2.62. The van der Waals surface area contributed by atoms with Crippen molar-refractivity contribution in [1.82, 2.24) is 0 Å². The molecule has 2 nitrogen and oxygen atoms in total. The van der Waals surface area contributed by atoms with Gasteiger partial charge in [0, 0.05) is 10.0 Å². The number of carbonyl (C=O) groups is 1. The number of carbonyl (C=O) groups excluding carboxylic acids is 1. The van der Waals surface area contributed by atoms with E-state index in [1.165, 1.54) is 0 Å². The number of halogens is 2. The van der Waals surface area contributed by atoms with E-state index in [-0.39, 0.29) is 12.4 Å². The zero-order valence-corrected chi connectivity index (χ0v) is 13.5. The summed E-state index contributed by atoms with van der Waals surface area (Å²) in [5, 5.41) is 0. The number of ether oxygens (including phenoxy) is 1. The largest absolute Gasteiger partial charge is 0.484 e. The van der Waals surface area contributed by atoms with Crippen LogP contribution in [0.15, 0.2) is 51.4 Å². The average Bonchev–Trinajstić information content (AvgIpc) is 2.37. The third-order valence-electron chi connectivity index (χ3n) is 2.59. The molecule has 0 unspecified atom stereocenters. The zero-order valence-electron chi connectivity index (χ0n) is 10.3. The van der Waals surface area contributed by atoms with Gasteiger partial charge in [-0.3, -0.25) is 4.79 Å². The van der Waals surface area contributed by atoms with Gasteiger partial charge in [-0.05, 0) is 52.7 Å². The van der Waals surface area contributed by atoms with Crippen molar-refractivity contribution in [2.24, 2.45) is 0 Å². The van der Waals surface area contributed by atoms with Crippen LogP contribution in [-0.2, 0) is 0 Å². The van der Waals surface area contributed by atoms with Gasteiger partial charge in [0.2, 0.25) is 0 Å². The molecule has 0 bridgehead atoms. The highest BCUT2D eigenvalue weighted by Crippen LogP contribution is 2.25. The Morgan fingerprint density at radius 2 is 1.95 bits per heavy atom. The molecule has 0 aromatic heterocycles. The summed E-state index contributed by atoms with van der Waals surface area (Å²) >= 11 is 6.77. The molecule has 0 amide bonds. The first kappa shape index (κ1) is 14.3. The standard InChI is InChI=1S/C15H12Br2O2/c1-10-5-6-15(13(17)7-10)19-9-14(18)11-3-2-4-12(16)8-11/h2-8H,9H2,1H3. The number of hydrogen-bond acceptors (Lipinski definition) is 2. The SMILES string of the molecule is Cc1ccc(OCC(=O)c2cccc(Br)c2)c(Br)c1. The minimum Gasteiger partial charge on any atom is -0.484 e. The van der Waals surface area contributed by atoms with Crippen LogP contribution in [0.2, 0.25) is 0 Å². The van der Waals surface area contributed by atoms with Crippen molar-refractivity contribution < 1.29 is 9.53 Å². The Bertz CT molecular complexity index is 609. The fraction of sp³-hybridized carbons (Fsp3) is 0.133. The number of ketones is 1. The molecule has 0 aliphatic rings. The molecule has 0 heterocycles. The molecule has 2 aromatic carbocycles. The Labute approximate surface area is 129 Å². The summed E-state index contributed by atoms with van der Waals surface area (Å²) in [5.74, 6) is 0.628. The molecule has 0 aliphatic carbocycles. The molecule has 4 heteroatoms. The Kier molecular flexibility index (Phi) is 4.77. The van der Waals surface area contributed by atoms with Crippen LogP contribution < -0.4 is 4.74 Å². The van der Waals surface area contributed by atoms with Crippen LogP contribution in [0.25, 0.3) is 0 Å². The molecule has 0 atom stereocenters. The van der Waals surface area contributed by atoms with Gasteiger partial charge in [0.15, 0.2) is 12.4 Å². The number of aryl methyl sites for hydroxylation is 1. The van der Waals surface area contributed by atoms with Gasteiger partial charge in [0.1, 0.15) is 5.75 Å². The van der Waals surface area contributed by atoms with Crippen molar-refractivity contribution in [3.05, 3.63) is 62.5 Å². The summed E-state index contributed by atoms with van der Waals surface area (Å²) in [7, 11) is 0. The Morgan fingerprint density at radius 1 is 1.16 bits per heavy atom. The van der Waals surface area contributed by atoms with E-state index in [0.717, 1.165) is 14.5 Å². The van der Waals surface area contributed by atoms with Gasteiger partial charge in [-0.25, -0.2) is 0 Å². The molecule has 0 fully saturated rings. The topological polar surface area (TPSA) is 26.3 Å². The van der Waals surface area contributed by atoms with Crippen molar-refractivity contribution in [2.45, 2.75) is 6.92 Å².